The number of benzene rings is 1. The Labute approximate surface area is 166 Å². The van der Waals surface area contributed by atoms with E-state index in [0.29, 0.717) is 36.5 Å². The minimum absolute atomic E-state index is 0.304. The van der Waals surface area contributed by atoms with E-state index in [1.165, 1.54) is 12.8 Å². The van der Waals surface area contributed by atoms with Crippen molar-refractivity contribution in [2.24, 2.45) is 0 Å². The summed E-state index contributed by atoms with van der Waals surface area (Å²) in [6.45, 7) is 9.18. The van der Waals surface area contributed by atoms with Crippen molar-refractivity contribution in [2.45, 2.75) is 51.5 Å². The van der Waals surface area contributed by atoms with Crippen LogP contribution in [0.2, 0.25) is 0 Å². The average Bonchev–Trinajstić information content (AvgIpc) is 3.31. The number of morpholine rings is 1. The first-order chi connectivity index (χ1) is 13.6. The van der Waals surface area contributed by atoms with Gasteiger partial charge in [-0.15, -0.1) is 0 Å². The fraction of sp³-hybridized carbons (Fsp3) is 0.619. The minimum atomic E-state index is 0.304. The smallest absolute Gasteiger partial charge is 0.241 e. The van der Waals surface area contributed by atoms with Crippen LogP contribution in [0.25, 0.3) is 11.4 Å². The topological polar surface area (TPSA) is 63.9 Å². The van der Waals surface area contributed by atoms with E-state index in [4.69, 9.17) is 14.0 Å². The lowest BCUT2D eigenvalue weighted by atomic mass is 10.1. The van der Waals surface area contributed by atoms with Crippen LogP contribution < -0.4 is 4.74 Å². The molecule has 2 aromatic rings. The van der Waals surface area contributed by atoms with E-state index in [-0.39, 0.29) is 0 Å². The van der Waals surface area contributed by atoms with Crippen molar-refractivity contribution in [1.82, 2.24) is 19.9 Å². The van der Waals surface area contributed by atoms with E-state index in [1.54, 1.807) is 7.11 Å². The Kier molecular flexibility index (Phi) is 5.94. The van der Waals surface area contributed by atoms with E-state index in [1.807, 2.05) is 24.3 Å². The maximum Gasteiger partial charge on any atom is 0.241 e. The summed E-state index contributed by atoms with van der Waals surface area (Å²) in [7, 11) is 1.65. The summed E-state index contributed by atoms with van der Waals surface area (Å²) in [6.07, 6.45) is 3.04. The van der Waals surface area contributed by atoms with Crippen molar-refractivity contribution in [3.63, 3.8) is 0 Å². The third kappa shape index (κ3) is 4.37. The number of para-hydroxylation sites is 1. The monoisotopic (exact) mass is 386 g/mol. The van der Waals surface area contributed by atoms with Crippen LogP contribution in [-0.4, -0.2) is 71.5 Å². The van der Waals surface area contributed by atoms with Gasteiger partial charge in [-0.25, -0.2) is 0 Å². The molecule has 0 bridgehead atoms. The molecule has 1 aromatic heterocycles. The molecule has 0 amide bonds. The molecule has 3 atom stereocenters. The molecule has 0 aliphatic carbocycles. The van der Waals surface area contributed by atoms with E-state index in [9.17, 15) is 0 Å². The van der Waals surface area contributed by atoms with Gasteiger partial charge in [0, 0.05) is 25.7 Å². The number of hydrogen-bond acceptors (Lipinski definition) is 7. The van der Waals surface area contributed by atoms with Gasteiger partial charge in [0.15, 0.2) is 0 Å². The third-order valence-corrected chi connectivity index (χ3v) is 5.62. The summed E-state index contributed by atoms with van der Waals surface area (Å²) in [6, 6.07) is 8.28. The molecule has 7 nitrogen and oxygen atoms in total. The van der Waals surface area contributed by atoms with Gasteiger partial charge >= 0.3 is 0 Å². The van der Waals surface area contributed by atoms with Crippen LogP contribution in [0.1, 0.15) is 32.6 Å². The SMILES string of the molecule is COc1ccccc1-c1noc(CN2CCCC2CN2CC(C)OC(C)C2)n1. The zero-order chi connectivity index (χ0) is 19.5. The molecule has 3 heterocycles. The van der Waals surface area contributed by atoms with Gasteiger partial charge in [0.25, 0.3) is 0 Å². The van der Waals surface area contributed by atoms with Crippen molar-refractivity contribution in [3.05, 3.63) is 30.2 Å². The molecule has 1 aromatic carbocycles. The normalized spacial score (nSPS) is 26.6. The maximum atomic E-state index is 5.87. The van der Waals surface area contributed by atoms with Gasteiger partial charge < -0.3 is 14.0 Å². The van der Waals surface area contributed by atoms with Gasteiger partial charge in [-0.05, 0) is 45.4 Å². The van der Waals surface area contributed by atoms with Crippen LogP contribution in [0.15, 0.2) is 28.8 Å². The standard InChI is InChI=1S/C21H30N4O3/c1-15-11-24(12-16(2)27-15)13-17-7-6-10-25(17)14-20-22-21(23-28-20)18-8-4-5-9-19(18)26-3/h4-5,8-9,15-17H,6-7,10-14H2,1-3H3. The molecule has 7 heteroatoms. The van der Waals surface area contributed by atoms with Gasteiger partial charge in [0.2, 0.25) is 11.7 Å². The molecule has 28 heavy (non-hydrogen) atoms. The lowest BCUT2D eigenvalue weighted by Crippen LogP contribution is -2.50. The van der Waals surface area contributed by atoms with Crippen molar-refractivity contribution >= 4 is 0 Å². The fourth-order valence-electron chi connectivity index (χ4n) is 4.47. The molecule has 0 radical (unpaired) electrons. The van der Waals surface area contributed by atoms with E-state index < -0.39 is 0 Å². The summed E-state index contributed by atoms with van der Waals surface area (Å²) >= 11 is 0. The largest absolute Gasteiger partial charge is 0.496 e. The molecule has 0 spiro atoms. The maximum absolute atomic E-state index is 5.87. The van der Waals surface area contributed by atoms with Crippen LogP contribution in [0.5, 0.6) is 5.75 Å². The van der Waals surface area contributed by atoms with Crippen molar-refractivity contribution < 1.29 is 14.0 Å². The van der Waals surface area contributed by atoms with Crippen LogP contribution in [0, 0.1) is 0 Å². The number of rotatable bonds is 6. The molecule has 0 saturated carbocycles. The Balaban J connectivity index is 1.40. The van der Waals surface area contributed by atoms with Gasteiger partial charge in [0.1, 0.15) is 5.75 Å². The van der Waals surface area contributed by atoms with Crippen LogP contribution >= 0.6 is 0 Å². The zero-order valence-corrected chi connectivity index (χ0v) is 17.0. The quantitative estimate of drug-likeness (QED) is 0.756. The number of methoxy groups -OCH3 is 1. The van der Waals surface area contributed by atoms with E-state index in [2.05, 4.69) is 33.8 Å². The molecule has 0 N–H and O–H groups in total. The highest BCUT2D eigenvalue weighted by Gasteiger charge is 2.31. The Morgan fingerprint density at radius 3 is 2.75 bits per heavy atom. The van der Waals surface area contributed by atoms with E-state index >= 15 is 0 Å². The highest BCUT2D eigenvalue weighted by molar-refractivity contribution is 5.63. The number of likely N-dealkylation sites (tertiary alicyclic amines) is 1. The second-order valence-electron chi connectivity index (χ2n) is 7.95. The lowest BCUT2D eigenvalue weighted by Gasteiger charge is -2.38. The number of aromatic nitrogens is 2. The van der Waals surface area contributed by atoms with Crippen molar-refractivity contribution in [3.8, 4) is 17.1 Å². The van der Waals surface area contributed by atoms with E-state index in [0.717, 1.165) is 37.5 Å². The summed E-state index contributed by atoms with van der Waals surface area (Å²) in [5, 5.41) is 4.18. The Morgan fingerprint density at radius 2 is 1.96 bits per heavy atom. The van der Waals surface area contributed by atoms with Crippen molar-refractivity contribution in [1.29, 1.82) is 0 Å². The Morgan fingerprint density at radius 1 is 1.18 bits per heavy atom. The highest BCUT2D eigenvalue weighted by atomic mass is 16.5. The summed E-state index contributed by atoms with van der Waals surface area (Å²) < 4.78 is 16.8. The second kappa shape index (κ2) is 8.59. The van der Waals surface area contributed by atoms with Gasteiger partial charge in [-0.1, -0.05) is 17.3 Å². The third-order valence-electron chi connectivity index (χ3n) is 5.62. The molecular formula is C21H30N4O3. The lowest BCUT2D eigenvalue weighted by molar-refractivity contribution is -0.0726. The molecular weight excluding hydrogens is 356 g/mol. The minimum Gasteiger partial charge on any atom is -0.496 e. The summed E-state index contributed by atoms with van der Waals surface area (Å²) in [4.78, 5) is 9.64. The summed E-state index contributed by atoms with van der Waals surface area (Å²) in [5.74, 6) is 2.00. The molecule has 2 aliphatic rings. The predicted octanol–water partition coefficient (Wildman–Crippen LogP) is 2.82. The number of ether oxygens (including phenoxy) is 2. The molecule has 4 rings (SSSR count). The molecule has 3 unspecified atom stereocenters. The number of hydrogen-bond donors (Lipinski definition) is 0. The first-order valence-corrected chi connectivity index (χ1v) is 10.2. The Hall–Kier alpha value is -1.96. The predicted molar refractivity (Wildman–Crippen MR) is 106 cm³/mol. The van der Waals surface area contributed by atoms with Crippen LogP contribution in [0.3, 0.4) is 0 Å². The van der Waals surface area contributed by atoms with Gasteiger partial charge in [0.05, 0.1) is 31.4 Å². The van der Waals surface area contributed by atoms with Gasteiger partial charge in [-0.2, -0.15) is 4.98 Å². The molecule has 152 valence electrons. The fourth-order valence-corrected chi connectivity index (χ4v) is 4.47. The van der Waals surface area contributed by atoms with Crippen molar-refractivity contribution in [2.75, 3.05) is 33.3 Å². The highest BCUT2D eigenvalue weighted by Crippen LogP contribution is 2.28. The second-order valence-corrected chi connectivity index (χ2v) is 7.95. The number of nitrogens with zero attached hydrogens (tertiary/aromatic N) is 4. The molecule has 2 fully saturated rings. The van der Waals surface area contributed by atoms with Crippen LogP contribution in [0.4, 0.5) is 0 Å². The van der Waals surface area contributed by atoms with Gasteiger partial charge in [-0.3, -0.25) is 9.80 Å². The molecule has 2 saturated heterocycles. The average molecular weight is 386 g/mol. The summed E-state index contributed by atoms with van der Waals surface area (Å²) in [5.41, 5.74) is 0.856. The zero-order valence-electron chi connectivity index (χ0n) is 17.0. The first-order valence-electron chi connectivity index (χ1n) is 10.2. The van der Waals surface area contributed by atoms with Crippen LogP contribution in [-0.2, 0) is 11.3 Å². The Bertz CT molecular complexity index is 771. The molecule has 2 aliphatic heterocycles. The first kappa shape index (κ1) is 19.4.